The summed E-state index contributed by atoms with van der Waals surface area (Å²) in [5, 5.41) is 30.9. The van der Waals surface area contributed by atoms with Gasteiger partial charge in [0, 0.05) is 18.2 Å². The second-order valence-corrected chi connectivity index (χ2v) is 8.04. The predicted molar refractivity (Wildman–Crippen MR) is 114 cm³/mol. The van der Waals surface area contributed by atoms with E-state index in [0.717, 1.165) is 30.5 Å². The summed E-state index contributed by atoms with van der Waals surface area (Å²) >= 11 is 1.18. The zero-order chi connectivity index (χ0) is 21.8. The Morgan fingerprint density at radius 2 is 2.03 bits per heavy atom. The smallest absolute Gasteiger partial charge is 0.234 e. The van der Waals surface area contributed by atoms with E-state index in [2.05, 4.69) is 15.5 Å². The molecule has 0 saturated carbocycles. The molecule has 8 nitrogen and oxygen atoms in total. The molecule has 1 aliphatic heterocycles. The third-order valence-corrected chi connectivity index (χ3v) is 5.78. The number of hydrogen-bond acceptors (Lipinski definition) is 7. The second-order valence-electron chi connectivity index (χ2n) is 7.10. The Morgan fingerprint density at radius 1 is 1.23 bits per heavy atom. The molecule has 0 spiro atoms. The van der Waals surface area contributed by atoms with Crippen molar-refractivity contribution < 1.29 is 24.1 Å². The highest BCUT2D eigenvalue weighted by molar-refractivity contribution is 7.99. The van der Waals surface area contributed by atoms with Crippen LogP contribution in [0.1, 0.15) is 12.8 Å². The highest BCUT2D eigenvalue weighted by atomic mass is 32.2. The van der Waals surface area contributed by atoms with Gasteiger partial charge in [-0.15, -0.1) is 10.2 Å². The summed E-state index contributed by atoms with van der Waals surface area (Å²) in [6.07, 6.45) is 1.95. The minimum absolute atomic E-state index is 0.00477. The Bertz CT molecular complexity index is 1070. The zero-order valence-corrected chi connectivity index (χ0v) is 17.3. The fourth-order valence-electron chi connectivity index (χ4n) is 3.30. The van der Waals surface area contributed by atoms with Crippen molar-refractivity contribution in [3.05, 3.63) is 48.3 Å². The normalized spacial score (nSPS) is 15.8. The number of amides is 1. The molecule has 3 aromatic rings. The van der Waals surface area contributed by atoms with Gasteiger partial charge < -0.3 is 20.3 Å². The number of ether oxygens (including phenoxy) is 1. The standard InChI is InChI=1S/C21H21FN4O4S/c22-14-5-8-18(28)17(10-14)23-19(29)12-31-21-25-24-20(13-3-6-15(27)7-4-13)26(21)11-16-2-1-9-30-16/h3-8,10,16,27-28H,1-2,9,11-12H2,(H,23,29). The number of rotatable bonds is 7. The first kappa shape index (κ1) is 21.1. The average molecular weight is 444 g/mol. The lowest BCUT2D eigenvalue weighted by Crippen LogP contribution is -2.18. The van der Waals surface area contributed by atoms with E-state index in [1.165, 1.54) is 17.8 Å². The van der Waals surface area contributed by atoms with Crippen LogP contribution >= 0.6 is 11.8 Å². The van der Waals surface area contributed by atoms with Crippen molar-refractivity contribution in [2.45, 2.75) is 30.6 Å². The molecule has 0 bridgehead atoms. The van der Waals surface area contributed by atoms with E-state index in [4.69, 9.17) is 4.74 Å². The van der Waals surface area contributed by atoms with Crippen LogP contribution in [0.4, 0.5) is 10.1 Å². The number of anilines is 1. The molecule has 1 saturated heterocycles. The Labute approximate surface area is 182 Å². The van der Waals surface area contributed by atoms with Crippen LogP contribution in [0.3, 0.4) is 0 Å². The number of phenolic OH excluding ortho intramolecular Hbond substituents is 2. The van der Waals surface area contributed by atoms with Crippen LogP contribution in [0.2, 0.25) is 0 Å². The van der Waals surface area contributed by atoms with Crippen LogP contribution in [-0.4, -0.2) is 49.3 Å². The first-order valence-electron chi connectivity index (χ1n) is 9.75. The lowest BCUT2D eigenvalue weighted by molar-refractivity contribution is -0.113. The molecule has 1 unspecified atom stereocenters. The monoisotopic (exact) mass is 444 g/mol. The van der Waals surface area contributed by atoms with Gasteiger partial charge in [0.1, 0.15) is 17.3 Å². The molecular weight excluding hydrogens is 423 g/mol. The third kappa shape index (κ3) is 5.15. The van der Waals surface area contributed by atoms with Gasteiger partial charge >= 0.3 is 0 Å². The number of carbonyl (C=O) groups excluding carboxylic acids is 1. The van der Waals surface area contributed by atoms with Crippen LogP contribution in [0.25, 0.3) is 11.4 Å². The Balaban J connectivity index is 1.50. The Hall–Kier alpha value is -3.11. The quantitative estimate of drug-likeness (QED) is 0.378. The number of halogens is 1. The van der Waals surface area contributed by atoms with Crippen LogP contribution in [0, 0.1) is 5.82 Å². The maximum Gasteiger partial charge on any atom is 0.234 e. The van der Waals surface area contributed by atoms with E-state index < -0.39 is 11.7 Å². The van der Waals surface area contributed by atoms with Crippen LogP contribution in [-0.2, 0) is 16.1 Å². The molecule has 2 heterocycles. The maximum atomic E-state index is 13.4. The first-order valence-corrected chi connectivity index (χ1v) is 10.7. The molecule has 4 rings (SSSR count). The fourth-order valence-corrected chi connectivity index (χ4v) is 4.05. The summed E-state index contributed by atoms with van der Waals surface area (Å²) in [6, 6.07) is 10.00. The van der Waals surface area contributed by atoms with Crippen molar-refractivity contribution in [1.82, 2.24) is 14.8 Å². The molecule has 1 aliphatic rings. The van der Waals surface area contributed by atoms with Gasteiger partial charge in [-0.1, -0.05) is 11.8 Å². The number of nitrogens with zero attached hydrogens (tertiary/aromatic N) is 3. The molecular formula is C21H21FN4O4S. The van der Waals surface area contributed by atoms with Gasteiger partial charge in [-0.25, -0.2) is 4.39 Å². The summed E-state index contributed by atoms with van der Waals surface area (Å²) < 4.78 is 21.0. The Kier molecular flexibility index (Phi) is 6.38. The minimum atomic E-state index is -0.560. The van der Waals surface area contributed by atoms with Gasteiger partial charge in [-0.05, 0) is 49.2 Å². The molecule has 1 fully saturated rings. The van der Waals surface area contributed by atoms with Crippen LogP contribution in [0.15, 0.2) is 47.6 Å². The van der Waals surface area contributed by atoms with Gasteiger partial charge in [-0.2, -0.15) is 0 Å². The van der Waals surface area contributed by atoms with Crippen LogP contribution < -0.4 is 5.32 Å². The number of benzene rings is 2. The lowest BCUT2D eigenvalue weighted by atomic mass is 10.2. The number of nitrogens with one attached hydrogen (secondary N) is 1. The SMILES string of the molecule is O=C(CSc1nnc(-c2ccc(O)cc2)n1CC1CCCO1)Nc1cc(F)ccc1O. The fraction of sp³-hybridized carbons (Fsp3) is 0.286. The van der Waals surface area contributed by atoms with Gasteiger partial charge in [0.05, 0.1) is 24.1 Å². The molecule has 10 heteroatoms. The van der Waals surface area contributed by atoms with Crippen molar-refractivity contribution in [3.63, 3.8) is 0 Å². The molecule has 162 valence electrons. The van der Waals surface area contributed by atoms with E-state index in [1.807, 2.05) is 4.57 Å². The summed E-state index contributed by atoms with van der Waals surface area (Å²) in [5.41, 5.74) is 0.792. The summed E-state index contributed by atoms with van der Waals surface area (Å²) in [7, 11) is 0. The van der Waals surface area contributed by atoms with E-state index >= 15 is 0 Å². The number of hydrogen-bond donors (Lipinski definition) is 3. The number of carbonyl (C=O) groups is 1. The van der Waals surface area contributed by atoms with E-state index in [-0.39, 0.29) is 29.0 Å². The summed E-state index contributed by atoms with van der Waals surface area (Å²) in [5.74, 6) is -0.424. The van der Waals surface area contributed by atoms with Gasteiger partial charge in [-0.3, -0.25) is 9.36 Å². The van der Waals surface area contributed by atoms with Crippen LogP contribution in [0.5, 0.6) is 11.5 Å². The highest BCUT2D eigenvalue weighted by Gasteiger charge is 2.22. The van der Waals surface area contributed by atoms with Gasteiger partial charge in [0.15, 0.2) is 11.0 Å². The number of aromatic hydroxyl groups is 2. The molecule has 3 N–H and O–H groups in total. The average Bonchev–Trinajstić information content (AvgIpc) is 3.40. The number of thioether (sulfide) groups is 1. The molecule has 2 aromatic carbocycles. The topological polar surface area (TPSA) is 110 Å². The first-order chi connectivity index (χ1) is 15.0. The van der Waals surface area contributed by atoms with Crippen molar-refractivity contribution in [2.75, 3.05) is 17.7 Å². The molecule has 1 atom stereocenters. The molecule has 1 aromatic heterocycles. The maximum absolute atomic E-state index is 13.4. The van der Waals surface area contributed by atoms with E-state index in [1.54, 1.807) is 24.3 Å². The van der Waals surface area contributed by atoms with E-state index in [0.29, 0.717) is 24.1 Å². The summed E-state index contributed by atoms with van der Waals surface area (Å²) in [6.45, 7) is 1.25. The number of aromatic nitrogens is 3. The second kappa shape index (κ2) is 9.36. The van der Waals surface area contributed by atoms with Gasteiger partial charge in [0.2, 0.25) is 5.91 Å². The largest absolute Gasteiger partial charge is 0.508 e. The van der Waals surface area contributed by atoms with Crippen molar-refractivity contribution >= 4 is 23.4 Å². The molecule has 31 heavy (non-hydrogen) atoms. The highest BCUT2D eigenvalue weighted by Crippen LogP contribution is 2.28. The number of phenols is 2. The zero-order valence-electron chi connectivity index (χ0n) is 16.5. The molecule has 0 aliphatic carbocycles. The van der Waals surface area contributed by atoms with Crippen molar-refractivity contribution in [1.29, 1.82) is 0 Å². The van der Waals surface area contributed by atoms with E-state index in [9.17, 15) is 19.4 Å². The predicted octanol–water partition coefficient (Wildman–Crippen LogP) is 3.41. The summed E-state index contributed by atoms with van der Waals surface area (Å²) in [4.78, 5) is 12.3. The van der Waals surface area contributed by atoms with Crippen molar-refractivity contribution in [3.8, 4) is 22.9 Å². The van der Waals surface area contributed by atoms with Crippen molar-refractivity contribution in [2.24, 2.45) is 0 Å². The third-order valence-electron chi connectivity index (χ3n) is 4.82. The Morgan fingerprint density at radius 3 is 2.77 bits per heavy atom. The lowest BCUT2D eigenvalue weighted by Gasteiger charge is -2.15. The molecule has 0 radical (unpaired) electrons. The molecule has 1 amide bonds. The minimum Gasteiger partial charge on any atom is -0.508 e. The van der Waals surface area contributed by atoms with Gasteiger partial charge in [0.25, 0.3) is 0 Å².